The summed E-state index contributed by atoms with van der Waals surface area (Å²) >= 11 is 1.50. The first-order valence-corrected chi connectivity index (χ1v) is 6.08. The lowest BCUT2D eigenvalue weighted by Crippen LogP contribution is -2.29. The monoisotopic (exact) mass is 225 g/mol. The fraction of sp³-hybridized carbons (Fsp3) is 0.545. The second-order valence-corrected chi connectivity index (χ2v) is 4.75. The highest BCUT2D eigenvalue weighted by atomic mass is 32.1. The van der Waals surface area contributed by atoms with E-state index in [2.05, 4.69) is 11.8 Å². The second kappa shape index (κ2) is 4.77. The van der Waals surface area contributed by atoms with Gasteiger partial charge >= 0.3 is 0 Å². The van der Waals surface area contributed by atoms with E-state index >= 15 is 0 Å². The van der Waals surface area contributed by atoms with Crippen molar-refractivity contribution in [3.63, 3.8) is 0 Å². The maximum absolute atomic E-state index is 10.6. The third-order valence-corrected chi connectivity index (χ3v) is 3.39. The quantitative estimate of drug-likeness (QED) is 0.722. The summed E-state index contributed by atoms with van der Waals surface area (Å²) in [5, 5.41) is 2.04. The standard InChI is InChI=1S/C11H15NO2S/c1-9-6-12(3-2-4-14-9)10-5-11(7-13)15-8-10/h5,7-9H,2-4,6H2,1H3. The van der Waals surface area contributed by atoms with Crippen molar-refractivity contribution in [1.29, 1.82) is 0 Å². The Morgan fingerprint density at radius 1 is 1.67 bits per heavy atom. The Hall–Kier alpha value is -0.870. The molecule has 0 aliphatic carbocycles. The van der Waals surface area contributed by atoms with E-state index in [1.54, 1.807) is 0 Å². The largest absolute Gasteiger partial charge is 0.377 e. The van der Waals surface area contributed by atoms with E-state index < -0.39 is 0 Å². The van der Waals surface area contributed by atoms with Crippen LogP contribution in [0.5, 0.6) is 0 Å². The fourth-order valence-corrected chi connectivity index (χ4v) is 2.52. The lowest BCUT2D eigenvalue weighted by Gasteiger charge is -2.22. The molecule has 0 saturated carbocycles. The molecule has 82 valence electrons. The van der Waals surface area contributed by atoms with Crippen LogP contribution in [-0.4, -0.2) is 32.1 Å². The van der Waals surface area contributed by atoms with Crippen molar-refractivity contribution in [2.75, 3.05) is 24.6 Å². The molecule has 15 heavy (non-hydrogen) atoms. The van der Waals surface area contributed by atoms with Gasteiger partial charge in [0.2, 0.25) is 0 Å². The lowest BCUT2D eigenvalue weighted by molar-refractivity contribution is 0.0821. The van der Waals surface area contributed by atoms with Crippen LogP contribution in [0, 0.1) is 0 Å². The molecule has 4 heteroatoms. The van der Waals surface area contributed by atoms with Gasteiger partial charge in [0.15, 0.2) is 6.29 Å². The minimum Gasteiger partial charge on any atom is -0.377 e. The Morgan fingerprint density at radius 2 is 2.53 bits per heavy atom. The zero-order chi connectivity index (χ0) is 10.7. The number of ether oxygens (including phenoxy) is 1. The van der Waals surface area contributed by atoms with Crippen LogP contribution < -0.4 is 4.90 Å². The number of nitrogens with zero attached hydrogens (tertiary/aromatic N) is 1. The maximum Gasteiger partial charge on any atom is 0.160 e. The molecule has 0 spiro atoms. The Kier molecular flexibility index (Phi) is 3.38. The molecule has 0 aromatic carbocycles. The van der Waals surface area contributed by atoms with Crippen molar-refractivity contribution < 1.29 is 9.53 Å². The molecule has 0 bridgehead atoms. The van der Waals surface area contributed by atoms with Gasteiger partial charge in [-0.3, -0.25) is 4.79 Å². The van der Waals surface area contributed by atoms with Crippen LogP contribution in [0.1, 0.15) is 23.0 Å². The Balaban J connectivity index is 2.10. The van der Waals surface area contributed by atoms with Gasteiger partial charge in [0.1, 0.15) is 0 Å². The number of hydrogen-bond acceptors (Lipinski definition) is 4. The zero-order valence-electron chi connectivity index (χ0n) is 8.81. The van der Waals surface area contributed by atoms with Gasteiger partial charge in [0.25, 0.3) is 0 Å². The first-order chi connectivity index (χ1) is 7.29. The molecule has 1 aromatic heterocycles. The van der Waals surface area contributed by atoms with Crippen molar-refractivity contribution in [1.82, 2.24) is 0 Å². The smallest absolute Gasteiger partial charge is 0.160 e. The highest BCUT2D eigenvalue weighted by Crippen LogP contribution is 2.23. The summed E-state index contributed by atoms with van der Waals surface area (Å²) in [5.74, 6) is 0. The molecule has 1 aliphatic heterocycles. The molecule has 2 heterocycles. The third kappa shape index (κ3) is 2.58. The zero-order valence-corrected chi connectivity index (χ0v) is 9.63. The molecule has 0 amide bonds. The molecule has 1 atom stereocenters. The summed E-state index contributed by atoms with van der Waals surface area (Å²) in [5.41, 5.74) is 1.15. The molecule has 0 N–H and O–H groups in total. The van der Waals surface area contributed by atoms with E-state index in [1.165, 1.54) is 11.3 Å². The molecule has 1 aromatic rings. The van der Waals surface area contributed by atoms with Gasteiger partial charge in [-0.25, -0.2) is 0 Å². The number of rotatable bonds is 2. The number of thiophene rings is 1. The van der Waals surface area contributed by atoms with Crippen LogP contribution in [-0.2, 0) is 4.74 Å². The van der Waals surface area contributed by atoms with Crippen molar-refractivity contribution in [3.8, 4) is 0 Å². The van der Waals surface area contributed by atoms with E-state index in [-0.39, 0.29) is 6.10 Å². The highest BCUT2D eigenvalue weighted by Gasteiger charge is 2.16. The number of anilines is 1. The first kappa shape index (κ1) is 10.6. The summed E-state index contributed by atoms with van der Waals surface area (Å²) < 4.78 is 5.58. The number of aldehydes is 1. The van der Waals surface area contributed by atoms with Crippen LogP contribution in [0.3, 0.4) is 0 Å². The van der Waals surface area contributed by atoms with Gasteiger partial charge in [0, 0.05) is 30.8 Å². The minimum atomic E-state index is 0.270. The van der Waals surface area contributed by atoms with E-state index in [1.807, 2.05) is 11.4 Å². The molecular weight excluding hydrogens is 210 g/mol. The Morgan fingerprint density at radius 3 is 3.27 bits per heavy atom. The van der Waals surface area contributed by atoms with Crippen molar-refractivity contribution in [3.05, 3.63) is 16.3 Å². The molecule has 1 aliphatic rings. The fourth-order valence-electron chi connectivity index (χ4n) is 1.80. The minimum absolute atomic E-state index is 0.270. The van der Waals surface area contributed by atoms with Gasteiger partial charge in [-0.1, -0.05) is 0 Å². The van der Waals surface area contributed by atoms with Gasteiger partial charge in [-0.2, -0.15) is 0 Å². The summed E-state index contributed by atoms with van der Waals surface area (Å²) in [6.07, 6.45) is 2.23. The van der Waals surface area contributed by atoms with Crippen molar-refractivity contribution in [2.45, 2.75) is 19.4 Å². The average Bonchev–Trinajstić information content (AvgIpc) is 2.61. The summed E-state index contributed by atoms with van der Waals surface area (Å²) in [7, 11) is 0. The van der Waals surface area contributed by atoms with Gasteiger partial charge in [0.05, 0.1) is 11.0 Å². The molecule has 0 radical (unpaired) electrons. The SMILES string of the molecule is CC1CN(c2csc(C=O)c2)CCCO1. The van der Waals surface area contributed by atoms with Gasteiger partial charge < -0.3 is 9.64 Å². The molecule has 1 saturated heterocycles. The van der Waals surface area contributed by atoms with Crippen molar-refractivity contribution >= 4 is 23.3 Å². The normalized spacial score (nSPS) is 22.5. The summed E-state index contributed by atoms with van der Waals surface area (Å²) in [6.45, 7) is 4.85. The van der Waals surface area contributed by atoms with Crippen molar-refractivity contribution in [2.24, 2.45) is 0 Å². The van der Waals surface area contributed by atoms with E-state index in [0.29, 0.717) is 0 Å². The van der Waals surface area contributed by atoms with Crippen LogP contribution in [0.15, 0.2) is 11.4 Å². The molecule has 1 fully saturated rings. The maximum atomic E-state index is 10.6. The summed E-state index contributed by atoms with van der Waals surface area (Å²) in [4.78, 5) is 13.7. The van der Waals surface area contributed by atoms with E-state index in [9.17, 15) is 4.79 Å². The predicted octanol–water partition coefficient (Wildman–Crippen LogP) is 2.18. The third-order valence-electron chi connectivity index (χ3n) is 2.54. The molecule has 2 rings (SSSR count). The van der Waals surface area contributed by atoms with Crippen LogP contribution >= 0.6 is 11.3 Å². The Labute approximate surface area is 93.7 Å². The summed E-state index contributed by atoms with van der Waals surface area (Å²) in [6, 6.07) is 1.95. The lowest BCUT2D eigenvalue weighted by atomic mass is 10.3. The van der Waals surface area contributed by atoms with E-state index in [4.69, 9.17) is 4.74 Å². The topological polar surface area (TPSA) is 29.5 Å². The average molecular weight is 225 g/mol. The Bertz CT molecular complexity index is 337. The van der Waals surface area contributed by atoms with Crippen LogP contribution in [0.25, 0.3) is 0 Å². The number of hydrogen-bond donors (Lipinski definition) is 0. The van der Waals surface area contributed by atoms with Gasteiger partial charge in [-0.05, 0) is 19.4 Å². The molecule has 1 unspecified atom stereocenters. The van der Waals surface area contributed by atoms with Gasteiger partial charge in [-0.15, -0.1) is 11.3 Å². The van der Waals surface area contributed by atoms with E-state index in [0.717, 1.165) is 43.0 Å². The first-order valence-electron chi connectivity index (χ1n) is 5.20. The number of carbonyl (C=O) groups is 1. The number of carbonyl (C=O) groups excluding carboxylic acids is 1. The molecular formula is C11H15NO2S. The second-order valence-electron chi connectivity index (χ2n) is 3.81. The molecule has 3 nitrogen and oxygen atoms in total. The van der Waals surface area contributed by atoms with Crippen LogP contribution in [0.2, 0.25) is 0 Å². The highest BCUT2D eigenvalue weighted by molar-refractivity contribution is 7.12. The predicted molar refractivity (Wildman–Crippen MR) is 62.0 cm³/mol. The van der Waals surface area contributed by atoms with Crippen LogP contribution in [0.4, 0.5) is 5.69 Å².